The third-order valence-corrected chi connectivity index (χ3v) is 8.55. The van der Waals surface area contributed by atoms with Gasteiger partial charge in [-0.2, -0.15) is 0 Å². The molecule has 6 N–H and O–H groups in total. The van der Waals surface area contributed by atoms with Crippen molar-refractivity contribution in [2.24, 2.45) is 17.4 Å². The largest absolute Gasteiger partial charge is 0.444 e. The second kappa shape index (κ2) is 14.9. The van der Waals surface area contributed by atoms with Gasteiger partial charge < -0.3 is 31.2 Å². The van der Waals surface area contributed by atoms with Crippen molar-refractivity contribution in [2.45, 2.75) is 78.0 Å². The Hall–Kier alpha value is -4.96. The summed E-state index contributed by atoms with van der Waals surface area (Å²) in [5.74, 6) is -1.98. The second-order valence-electron chi connectivity index (χ2n) is 13.5. The van der Waals surface area contributed by atoms with Crippen LogP contribution >= 0.6 is 0 Å². The van der Waals surface area contributed by atoms with Crippen molar-refractivity contribution >= 4 is 17.9 Å². The number of imidazole rings is 1. The van der Waals surface area contributed by atoms with Crippen molar-refractivity contribution in [3.05, 3.63) is 113 Å². The van der Waals surface area contributed by atoms with Crippen LogP contribution in [0, 0.1) is 19.8 Å². The third-order valence-electron chi connectivity index (χ3n) is 8.55. The van der Waals surface area contributed by atoms with Crippen LogP contribution < -0.4 is 16.8 Å². The Morgan fingerprint density at radius 2 is 1.50 bits per heavy atom. The zero-order chi connectivity index (χ0) is 35.2. The van der Waals surface area contributed by atoms with Gasteiger partial charge in [0.25, 0.3) is 0 Å². The quantitative estimate of drug-likeness (QED) is 0.137. The first-order valence-corrected chi connectivity index (χ1v) is 16.1. The zero-order valence-electron chi connectivity index (χ0n) is 28.8. The summed E-state index contributed by atoms with van der Waals surface area (Å²) in [5.41, 5.74) is 14.5. The standard InChI is InChI=1S/C38H47N5O5/c1-23(2)38(35(40)45,31-24(3)18-28(33(39)44)19-25(31)4)32(43-36(46)48-37(5,6)7)29(22-47-21-26-14-10-8-11-15-26)34-41-20-30(42-34)27-16-12-9-13-17-27/h8-20,23,29,32H,21-22H2,1-7H3,(H2,39,44)(H2,40,45)(H,41,42)(H,43,46). The molecule has 48 heavy (non-hydrogen) atoms. The molecule has 254 valence electrons. The molecular weight excluding hydrogens is 606 g/mol. The summed E-state index contributed by atoms with van der Waals surface area (Å²) in [6.45, 7) is 13.0. The highest BCUT2D eigenvalue weighted by molar-refractivity contribution is 5.95. The first-order valence-electron chi connectivity index (χ1n) is 16.1. The molecule has 4 aromatic rings. The normalized spacial score (nSPS) is 14.2. The molecule has 0 bridgehead atoms. The molecule has 3 unspecified atom stereocenters. The number of H-pyrrole nitrogens is 1. The van der Waals surface area contributed by atoms with Gasteiger partial charge in [0.05, 0.1) is 42.5 Å². The highest BCUT2D eigenvalue weighted by Crippen LogP contribution is 2.45. The number of aromatic amines is 1. The third kappa shape index (κ3) is 7.94. The maximum atomic E-state index is 14.2. The lowest BCUT2D eigenvalue weighted by Crippen LogP contribution is -2.63. The molecule has 0 aliphatic rings. The van der Waals surface area contributed by atoms with Crippen LogP contribution in [0.2, 0.25) is 0 Å². The Kier molecular flexibility index (Phi) is 11.1. The first kappa shape index (κ1) is 35.9. The number of hydrogen-bond acceptors (Lipinski definition) is 6. The number of primary amides is 2. The van der Waals surface area contributed by atoms with Crippen molar-refractivity contribution in [3.63, 3.8) is 0 Å². The van der Waals surface area contributed by atoms with E-state index in [0.717, 1.165) is 16.8 Å². The minimum atomic E-state index is -1.54. The predicted molar refractivity (Wildman–Crippen MR) is 186 cm³/mol. The van der Waals surface area contributed by atoms with Gasteiger partial charge in [-0.3, -0.25) is 9.59 Å². The number of amides is 3. The van der Waals surface area contributed by atoms with Crippen LogP contribution in [0.25, 0.3) is 11.3 Å². The number of ether oxygens (including phenoxy) is 2. The Balaban J connectivity index is 1.97. The number of carbonyl (C=O) groups excluding carboxylic acids is 3. The number of aromatic nitrogens is 2. The smallest absolute Gasteiger partial charge is 0.407 e. The van der Waals surface area contributed by atoms with E-state index in [-0.39, 0.29) is 13.2 Å². The number of benzene rings is 3. The van der Waals surface area contributed by atoms with Gasteiger partial charge in [-0.05, 0) is 80.5 Å². The van der Waals surface area contributed by atoms with Crippen LogP contribution in [0.4, 0.5) is 4.79 Å². The summed E-state index contributed by atoms with van der Waals surface area (Å²) in [4.78, 5) is 48.4. The first-order chi connectivity index (χ1) is 22.6. The fourth-order valence-corrected chi connectivity index (χ4v) is 6.59. The van der Waals surface area contributed by atoms with Gasteiger partial charge in [0.15, 0.2) is 0 Å². The lowest BCUT2D eigenvalue weighted by molar-refractivity contribution is -0.127. The van der Waals surface area contributed by atoms with Crippen LogP contribution in [0.3, 0.4) is 0 Å². The van der Waals surface area contributed by atoms with Crippen molar-refractivity contribution in [2.75, 3.05) is 6.61 Å². The van der Waals surface area contributed by atoms with Crippen molar-refractivity contribution < 1.29 is 23.9 Å². The number of nitrogens with one attached hydrogen (secondary N) is 2. The summed E-state index contributed by atoms with van der Waals surface area (Å²) in [5, 5.41) is 3.07. The topological polar surface area (TPSA) is 162 Å². The van der Waals surface area contributed by atoms with Gasteiger partial charge in [-0.15, -0.1) is 0 Å². The maximum absolute atomic E-state index is 14.2. The van der Waals surface area contributed by atoms with Crippen molar-refractivity contribution in [1.82, 2.24) is 15.3 Å². The SMILES string of the molecule is Cc1cc(C(N)=O)cc(C)c1C(C(N)=O)(C(C)C)C(NC(=O)OC(C)(C)C)C(COCc1ccccc1)c1ncc(-c2ccccc2)[nH]1. The average Bonchev–Trinajstić information content (AvgIpc) is 3.50. The molecule has 4 rings (SSSR count). The Morgan fingerprint density at radius 1 is 0.917 bits per heavy atom. The number of aryl methyl sites for hydroxylation is 2. The van der Waals surface area contributed by atoms with Gasteiger partial charge in [-0.25, -0.2) is 9.78 Å². The summed E-state index contributed by atoms with van der Waals surface area (Å²) in [6.07, 6.45) is 0.990. The van der Waals surface area contributed by atoms with Gasteiger partial charge in [0.1, 0.15) is 11.4 Å². The molecule has 3 aromatic carbocycles. The molecule has 0 radical (unpaired) electrons. The van der Waals surface area contributed by atoms with Crippen molar-refractivity contribution in [1.29, 1.82) is 0 Å². The number of nitrogens with zero attached hydrogens (tertiary/aromatic N) is 1. The van der Waals surface area contributed by atoms with Gasteiger partial charge in [0.2, 0.25) is 11.8 Å². The van der Waals surface area contributed by atoms with E-state index in [1.807, 2.05) is 74.5 Å². The molecule has 0 aliphatic carbocycles. The predicted octanol–water partition coefficient (Wildman–Crippen LogP) is 6.07. The molecule has 0 saturated carbocycles. The molecule has 0 saturated heterocycles. The van der Waals surface area contributed by atoms with Gasteiger partial charge >= 0.3 is 6.09 Å². The highest BCUT2D eigenvalue weighted by atomic mass is 16.6. The van der Waals surface area contributed by atoms with Gasteiger partial charge in [-0.1, -0.05) is 74.5 Å². The molecule has 1 heterocycles. The van der Waals surface area contributed by atoms with E-state index >= 15 is 0 Å². The molecule has 3 atom stereocenters. The number of rotatable bonds is 13. The summed E-state index contributed by atoms with van der Waals surface area (Å²) in [7, 11) is 0. The van der Waals surface area contributed by atoms with E-state index in [1.165, 1.54) is 0 Å². The van der Waals surface area contributed by atoms with Crippen LogP contribution in [-0.2, 0) is 26.3 Å². The van der Waals surface area contributed by atoms with E-state index in [1.54, 1.807) is 52.9 Å². The summed E-state index contributed by atoms with van der Waals surface area (Å²) in [6, 6.07) is 21.7. The van der Waals surface area contributed by atoms with Gasteiger partial charge in [0, 0.05) is 5.56 Å². The minimum absolute atomic E-state index is 0.0519. The second-order valence-corrected chi connectivity index (χ2v) is 13.5. The molecule has 0 fully saturated rings. The molecule has 10 heteroatoms. The monoisotopic (exact) mass is 653 g/mol. The van der Waals surface area contributed by atoms with Crippen LogP contribution in [-0.4, -0.2) is 46.1 Å². The lowest BCUT2D eigenvalue weighted by atomic mass is 9.60. The average molecular weight is 654 g/mol. The number of hydrogen-bond donors (Lipinski definition) is 4. The Morgan fingerprint density at radius 3 is 2.02 bits per heavy atom. The van der Waals surface area contributed by atoms with E-state index in [0.29, 0.717) is 28.1 Å². The highest BCUT2D eigenvalue weighted by Gasteiger charge is 2.55. The van der Waals surface area contributed by atoms with E-state index in [9.17, 15) is 14.4 Å². The summed E-state index contributed by atoms with van der Waals surface area (Å²) < 4.78 is 12.1. The zero-order valence-corrected chi connectivity index (χ0v) is 28.8. The molecular formula is C38H47N5O5. The van der Waals surface area contributed by atoms with Crippen LogP contribution in [0.1, 0.15) is 79.0 Å². The number of carbonyl (C=O) groups is 3. The molecule has 0 spiro atoms. The fraction of sp³-hybridized carbons (Fsp3) is 0.368. The van der Waals surface area contributed by atoms with Crippen LogP contribution in [0.15, 0.2) is 79.0 Å². The summed E-state index contributed by atoms with van der Waals surface area (Å²) >= 11 is 0. The minimum Gasteiger partial charge on any atom is -0.444 e. The Bertz CT molecular complexity index is 1710. The Labute approximate surface area is 282 Å². The maximum Gasteiger partial charge on any atom is 0.407 e. The van der Waals surface area contributed by atoms with Crippen molar-refractivity contribution in [3.8, 4) is 11.3 Å². The molecule has 1 aromatic heterocycles. The van der Waals surface area contributed by atoms with E-state index in [4.69, 9.17) is 25.9 Å². The van der Waals surface area contributed by atoms with Crippen LogP contribution in [0.5, 0.6) is 0 Å². The fourth-order valence-electron chi connectivity index (χ4n) is 6.59. The lowest BCUT2D eigenvalue weighted by Gasteiger charge is -2.46. The molecule has 10 nitrogen and oxygen atoms in total. The number of alkyl carbamates (subject to hydrolysis) is 1. The van der Waals surface area contributed by atoms with E-state index < -0.39 is 46.8 Å². The van der Waals surface area contributed by atoms with E-state index in [2.05, 4.69) is 10.3 Å². The molecule has 0 aliphatic heterocycles. The molecule has 3 amide bonds. The number of nitrogens with two attached hydrogens (primary N) is 2.